The van der Waals surface area contributed by atoms with Crippen LogP contribution in [0.3, 0.4) is 0 Å². The monoisotopic (exact) mass is 429 g/mol. The first-order valence-corrected chi connectivity index (χ1v) is 9.14. The number of hydrogen-bond acceptors (Lipinski definition) is 4. The molecule has 0 aliphatic carbocycles. The van der Waals surface area contributed by atoms with Crippen molar-refractivity contribution in [3.8, 4) is 5.75 Å². The molecule has 8 heteroatoms. The average Bonchev–Trinajstić information content (AvgIpc) is 2.71. The summed E-state index contributed by atoms with van der Waals surface area (Å²) in [6.07, 6.45) is 0.439. The van der Waals surface area contributed by atoms with Gasteiger partial charge in [0.2, 0.25) is 0 Å². The topological polar surface area (TPSA) is 72.5 Å². The molecular weight excluding hydrogens is 417 g/mol. The van der Waals surface area contributed by atoms with Gasteiger partial charge in [-0.1, -0.05) is 11.6 Å². The van der Waals surface area contributed by atoms with Crippen LogP contribution in [0.2, 0.25) is 5.02 Å². The van der Waals surface area contributed by atoms with Crippen LogP contribution in [-0.2, 0) is 9.84 Å². The minimum Gasteiger partial charge on any atom is -0.496 e. The maximum absolute atomic E-state index is 12.2. The minimum absolute atomic E-state index is 0.0147. The van der Waals surface area contributed by atoms with Crippen molar-refractivity contribution in [1.29, 1.82) is 0 Å². The lowest BCUT2D eigenvalue weighted by atomic mass is 10.1. The van der Waals surface area contributed by atoms with Crippen LogP contribution < -0.4 is 10.1 Å². The van der Waals surface area contributed by atoms with Gasteiger partial charge in [0, 0.05) is 9.61 Å². The Kier molecular flexibility index (Phi) is 4.80. The number of carbonyl (C=O) groups excluding carboxylic acids is 1. The molecule has 0 radical (unpaired) electrons. The molecule has 5 nitrogen and oxygen atoms in total. The highest BCUT2D eigenvalue weighted by atomic mass is 127. The van der Waals surface area contributed by atoms with Crippen LogP contribution in [-0.4, -0.2) is 39.0 Å². The summed E-state index contributed by atoms with van der Waals surface area (Å²) in [5, 5.41) is 3.17. The summed E-state index contributed by atoms with van der Waals surface area (Å²) >= 11 is 8.05. The van der Waals surface area contributed by atoms with E-state index in [0.717, 1.165) is 3.57 Å². The van der Waals surface area contributed by atoms with Crippen LogP contribution in [0.1, 0.15) is 16.8 Å². The summed E-state index contributed by atoms with van der Waals surface area (Å²) in [6.45, 7) is 0. The van der Waals surface area contributed by atoms with E-state index in [1.807, 2.05) is 22.6 Å². The van der Waals surface area contributed by atoms with E-state index in [1.165, 1.54) is 13.2 Å². The fraction of sp³-hybridized carbons (Fsp3) is 0.417. The Labute approximate surface area is 136 Å². The predicted octanol–water partition coefficient (Wildman–Crippen LogP) is 1.87. The zero-order valence-corrected chi connectivity index (χ0v) is 14.4. The number of halogens is 2. The molecule has 1 aromatic rings. The molecule has 20 heavy (non-hydrogen) atoms. The van der Waals surface area contributed by atoms with Crippen LogP contribution in [0.5, 0.6) is 5.75 Å². The first-order chi connectivity index (χ1) is 9.32. The Balaban J connectivity index is 2.19. The highest BCUT2D eigenvalue weighted by molar-refractivity contribution is 14.1. The Morgan fingerprint density at radius 1 is 1.50 bits per heavy atom. The molecule has 1 heterocycles. The Bertz CT molecular complexity index is 647. The van der Waals surface area contributed by atoms with Crippen molar-refractivity contribution >= 4 is 49.9 Å². The highest BCUT2D eigenvalue weighted by Gasteiger charge is 2.29. The van der Waals surface area contributed by atoms with Gasteiger partial charge in [-0.2, -0.15) is 0 Å². The molecule has 1 N–H and O–H groups in total. The van der Waals surface area contributed by atoms with Gasteiger partial charge < -0.3 is 10.1 Å². The molecule has 0 unspecified atom stereocenters. The fourth-order valence-electron chi connectivity index (χ4n) is 2.05. The SMILES string of the molecule is COc1cc(I)c(Cl)cc1C(=O)N[C@H]1CCS(=O)(=O)C1. The Morgan fingerprint density at radius 3 is 2.75 bits per heavy atom. The van der Waals surface area contributed by atoms with E-state index in [2.05, 4.69) is 5.32 Å². The van der Waals surface area contributed by atoms with Gasteiger partial charge in [0.1, 0.15) is 5.75 Å². The van der Waals surface area contributed by atoms with E-state index in [-0.39, 0.29) is 23.5 Å². The van der Waals surface area contributed by atoms with Crippen molar-refractivity contribution in [2.75, 3.05) is 18.6 Å². The molecule has 0 bridgehead atoms. The van der Waals surface area contributed by atoms with Gasteiger partial charge in [0.05, 0.1) is 29.2 Å². The number of nitrogens with one attached hydrogen (secondary N) is 1. The normalized spacial score (nSPS) is 20.6. The van der Waals surface area contributed by atoms with E-state index in [1.54, 1.807) is 6.07 Å². The van der Waals surface area contributed by atoms with Gasteiger partial charge in [-0.25, -0.2) is 8.42 Å². The summed E-state index contributed by atoms with van der Waals surface area (Å²) in [6, 6.07) is 2.85. The largest absolute Gasteiger partial charge is 0.496 e. The molecule has 0 saturated carbocycles. The van der Waals surface area contributed by atoms with Gasteiger partial charge >= 0.3 is 0 Å². The molecule has 1 aliphatic heterocycles. The highest BCUT2D eigenvalue weighted by Crippen LogP contribution is 2.28. The van der Waals surface area contributed by atoms with E-state index in [9.17, 15) is 13.2 Å². The molecule has 0 aromatic heterocycles. The van der Waals surface area contributed by atoms with Crippen molar-refractivity contribution in [2.24, 2.45) is 0 Å². The number of carbonyl (C=O) groups is 1. The number of hydrogen-bond donors (Lipinski definition) is 1. The average molecular weight is 430 g/mol. The molecule has 110 valence electrons. The van der Waals surface area contributed by atoms with E-state index in [0.29, 0.717) is 22.8 Å². The van der Waals surface area contributed by atoms with Gasteiger partial charge in [-0.05, 0) is 41.1 Å². The first kappa shape index (κ1) is 15.8. The Morgan fingerprint density at radius 2 is 2.20 bits per heavy atom. The number of sulfone groups is 1. The van der Waals surface area contributed by atoms with Crippen molar-refractivity contribution in [1.82, 2.24) is 5.32 Å². The summed E-state index contributed by atoms with van der Waals surface area (Å²) in [7, 11) is -1.56. The second-order valence-corrected chi connectivity index (χ2v) is 8.34. The molecule has 1 aromatic carbocycles. The first-order valence-electron chi connectivity index (χ1n) is 5.87. The van der Waals surface area contributed by atoms with Gasteiger partial charge in [-0.3, -0.25) is 4.79 Å². The number of rotatable bonds is 3. The minimum atomic E-state index is -3.03. The number of amides is 1. The number of ether oxygens (including phenoxy) is 1. The number of benzene rings is 1. The summed E-state index contributed by atoms with van der Waals surface area (Å²) in [4.78, 5) is 12.2. The number of methoxy groups -OCH3 is 1. The molecule has 1 fully saturated rings. The van der Waals surface area contributed by atoms with E-state index >= 15 is 0 Å². The van der Waals surface area contributed by atoms with Crippen LogP contribution in [0.4, 0.5) is 0 Å². The van der Waals surface area contributed by atoms with Crippen molar-refractivity contribution < 1.29 is 17.9 Å². The van der Waals surface area contributed by atoms with Crippen molar-refractivity contribution in [3.63, 3.8) is 0 Å². The maximum Gasteiger partial charge on any atom is 0.255 e. The third kappa shape index (κ3) is 3.56. The smallest absolute Gasteiger partial charge is 0.255 e. The van der Waals surface area contributed by atoms with Crippen LogP contribution in [0.25, 0.3) is 0 Å². The predicted molar refractivity (Wildman–Crippen MR) is 85.2 cm³/mol. The molecule has 1 aliphatic rings. The summed E-state index contributed by atoms with van der Waals surface area (Å²) in [5.74, 6) is 0.140. The van der Waals surface area contributed by atoms with E-state index in [4.69, 9.17) is 16.3 Å². The third-order valence-corrected chi connectivity index (χ3v) is 6.35. The van der Waals surface area contributed by atoms with Gasteiger partial charge in [0.15, 0.2) is 9.84 Å². The maximum atomic E-state index is 12.2. The fourth-order valence-corrected chi connectivity index (χ4v) is 4.32. The van der Waals surface area contributed by atoms with Gasteiger partial charge in [-0.15, -0.1) is 0 Å². The summed E-state index contributed by atoms with van der Waals surface area (Å²) in [5.41, 5.74) is 0.308. The lowest BCUT2D eigenvalue weighted by Crippen LogP contribution is -2.35. The molecule has 0 spiro atoms. The standard InChI is InChI=1S/C12H13ClINO4S/c1-19-11-5-10(14)9(13)4-8(11)12(16)15-7-2-3-20(17,18)6-7/h4-5,7H,2-3,6H2,1H3,(H,15,16)/t7-/m0/s1. The van der Waals surface area contributed by atoms with Crippen LogP contribution >= 0.6 is 34.2 Å². The second-order valence-electron chi connectivity index (χ2n) is 4.54. The molecule has 1 saturated heterocycles. The van der Waals surface area contributed by atoms with Crippen molar-refractivity contribution in [2.45, 2.75) is 12.5 Å². The molecule has 1 atom stereocenters. The van der Waals surface area contributed by atoms with E-state index < -0.39 is 9.84 Å². The lowest BCUT2D eigenvalue weighted by molar-refractivity contribution is 0.0938. The molecule has 2 rings (SSSR count). The molecular formula is C12H13ClINO4S. The van der Waals surface area contributed by atoms with Crippen LogP contribution in [0, 0.1) is 3.57 Å². The third-order valence-electron chi connectivity index (χ3n) is 3.05. The zero-order valence-electron chi connectivity index (χ0n) is 10.7. The molecule has 1 amide bonds. The summed E-state index contributed by atoms with van der Waals surface area (Å²) < 4.78 is 28.7. The zero-order chi connectivity index (χ0) is 14.9. The second kappa shape index (κ2) is 6.07. The van der Waals surface area contributed by atoms with Crippen molar-refractivity contribution in [3.05, 3.63) is 26.3 Å². The Hall–Kier alpha value is -0.540. The lowest BCUT2D eigenvalue weighted by Gasteiger charge is -2.14. The van der Waals surface area contributed by atoms with Gasteiger partial charge in [0.25, 0.3) is 5.91 Å². The van der Waals surface area contributed by atoms with Crippen LogP contribution in [0.15, 0.2) is 12.1 Å². The quantitative estimate of drug-likeness (QED) is 0.745.